The quantitative estimate of drug-likeness (QED) is 0.641. The van der Waals surface area contributed by atoms with Crippen molar-refractivity contribution in [3.8, 4) is 23.3 Å². The molecule has 0 bridgehead atoms. The Morgan fingerprint density at radius 1 is 1.06 bits per heavy atom. The predicted molar refractivity (Wildman–Crippen MR) is 129 cm³/mol. The first-order chi connectivity index (χ1) is 15.9. The van der Waals surface area contributed by atoms with E-state index in [-0.39, 0.29) is 18.2 Å². The number of rotatable bonds is 5. The van der Waals surface area contributed by atoms with Gasteiger partial charge >= 0.3 is 0 Å². The summed E-state index contributed by atoms with van der Waals surface area (Å²) in [7, 11) is 4.65. The van der Waals surface area contributed by atoms with Crippen molar-refractivity contribution in [2.24, 2.45) is 0 Å². The first-order valence-electron chi connectivity index (χ1n) is 10.6. The van der Waals surface area contributed by atoms with Gasteiger partial charge in [-0.15, -0.1) is 0 Å². The molecule has 0 unspecified atom stereocenters. The van der Waals surface area contributed by atoms with E-state index in [1.54, 1.807) is 26.2 Å². The van der Waals surface area contributed by atoms with E-state index in [1.807, 2.05) is 18.2 Å². The van der Waals surface area contributed by atoms with Crippen molar-refractivity contribution in [1.29, 1.82) is 5.26 Å². The number of nitrogens with zero attached hydrogens (tertiary/aromatic N) is 3. The van der Waals surface area contributed by atoms with Crippen molar-refractivity contribution in [1.82, 2.24) is 4.90 Å². The van der Waals surface area contributed by atoms with Gasteiger partial charge in [-0.3, -0.25) is 9.69 Å². The number of hydrogen-bond acceptors (Lipinski definition) is 7. The summed E-state index contributed by atoms with van der Waals surface area (Å²) in [6, 6.07) is 12.2. The van der Waals surface area contributed by atoms with Gasteiger partial charge < -0.3 is 19.1 Å². The Hall–Kier alpha value is -3.31. The maximum Gasteiger partial charge on any atom is 0.229 e. The van der Waals surface area contributed by atoms with E-state index in [9.17, 15) is 10.1 Å². The lowest BCUT2D eigenvalue weighted by Crippen LogP contribution is -2.47. The minimum absolute atomic E-state index is 0.00816. The Labute approximate surface area is 198 Å². The van der Waals surface area contributed by atoms with E-state index in [0.29, 0.717) is 35.4 Å². The Kier molecular flexibility index (Phi) is 6.43. The summed E-state index contributed by atoms with van der Waals surface area (Å²) in [4.78, 5) is 17.3. The van der Waals surface area contributed by atoms with Crippen LogP contribution in [0.15, 0.2) is 40.9 Å². The molecule has 2 aliphatic rings. The topological polar surface area (TPSA) is 75.0 Å². The van der Waals surface area contributed by atoms with Gasteiger partial charge in [0.15, 0.2) is 11.5 Å². The van der Waals surface area contributed by atoms with Gasteiger partial charge in [0, 0.05) is 18.0 Å². The van der Waals surface area contributed by atoms with Gasteiger partial charge in [0.2, 0.25) is 11.7 Å². The van der Waals surface area contributed by atoms with Crippen LogP contribution < -0.4 is 19.1 Å². The summed E-state index contributed by atoms with van der Waals surface area (Å²) in [5, 5.41) is 10.8. The second kappa shape index (κ2) is 9.28. The molecule has 0 aliphatic carbocycles. The molecule has 0 spiro atoms. The highest BCUT2D eigenvalue weighted by Crippen LogP contribution is 2.47. The van der Waals surface area contributed by atoms with Crippen molar-refractivity contribution < 1.29 is 19.0 Å². The molecule has 1 saturated heterocycles. The van der Waals surface area contributed by atoms with Crippen LogP contribution in [0.5, 0.6) is 17.2 Å². The number of ether oxygens (including phenoxy) is 3. The SMILES string of the molecule is COc1cc([C@@H]2CC(=O)N3CN(c4c(C)cccc4C)CSC3=C2C#N)cc(OC)c1OC. The molecular formula is C25H27N3O4S. The monoisotopic (exact) mass is 465 g/mol. The third-order valence-corrected chi connectivity index (χ3v) is 7.29. The molecule has 172 valence electrons. The fraction of sp³-hybridized carbons (Fsp3) is 0.360. The second-order valence-corrected chi connectivity index (χ2v) is 9.00. The van der Waals surface area contributed by atoms with Crippen molar-refractivity contribution in [3.63, 3.8) is 0 Å². The second-order valence-electron chi connectivity index (χ2n) is 8.06. The lowest BCUT2D eigenvalue weighted by molar-refractivity contribution is -0.129. The number of nitriles is 1. The number of benzene rings is 2. The third kappa shape index (κ3) is 3.98. The van der Waals surface area contributed by atoms with Crippen molar-refractivity contribution in [2.75, 3.05) is 38.8 Å². The highest BCUT2D eigenvalue weighted by molar-refractivity contribution is 8.03. The molecule has 7 nitrogen and oxygen atoms in total. The van der Waals surface area contributed by atoms with Crippen LogP contribution in [0.25, 0.3) is 0 Å². The van der Waals surface area contributed by atoms with Crippen molar-refractivity contribution in [2.45, 2.75) is 26.2 Å². The fourth-order valence-corrected chi connectivity index (χ4v) is 5.74. The molecule has 0 saturated carbocycles. The van der Waals surface area contributed by atoms with Gasteiger partial charge in [0.25, 0.3) is 0 Å². The minimum Gasteiger partial charge on any atom is -0.493 e. The minimum atomic E-state index is -0.373. The van der Waals surface area contributed by atoms with E-state index < -0.39 is 0 Å². The number of methoxy groups -OCH3 is 3. The van der Waals surface area contributed by atoms with Gasteiger partial charge in [-0.05, 0) is 42.7 Å². The van der Waals surface area contributed by atoms with Crippen LogP contribution in [0.4, 0.5) is 5.69 Å². The van der Waals surface area contributed by atoms with Crippen LogP contribution in [-0.4, -0.2) is 44.7 Å². The molecule has 0 radical (unpaired) electrons. The molecule has 2 aliphatic heterocycles. The van der Waals surface area contributed by atoms with E-state index in [0.717, 1.165) is 16.3 Å². The van der Waals surface area contributed by atoms with E-state index in [4.69, 9.17) is 14.2 Å². The van der Waals surface area contributed by atoms with Gasteiger partial charge in [0.05, 0.1) is 50.5 Å². The number of hydrogen-bond donors (Lipinski definition) is 0. The molecule has 8 heteroatoms. The van der Waals surface area contributed by atoms with E-state index in [2.05, 4.69) is 36.9 Å². The molecule has 33 heavy (non-hydrogen) atoms. The van der Waals surface area contributed by atoms with Crippen LogP contribution in [0.2, 0.25) is 0 Å². The van der Waals surface area contributed by atoms with Gasteiger partial charge in [-0.2, -0.15) is 5.26 Å². The number of fused-ring (bicyclic) bond motifs is 1. The molecule has 0 N–H and O–H groups in total. The summed E-state index contributed by atoms with van der Waals surface area (Å²) in [6.45, 7) is 4.59. The smallest absolute Gasteiger partial charge is 0.229 e. The number of amides is 1. The van der Waals surface area contributed by atoms with Gasteiger partial charge in [-0.25, -0.2) is 0 Å². The van der Waals surface area contributed by atoms with Crippen LogP contribution in [-0.2, 0) is 4.79 Å². The number of carbonyl (C=O) groups excluding carboxylic acids is 1. The molecule has 2 heterocycles. The summed E-state index contributed by atoms with van der Waals surface area (Å²) < 4.78 is 16.4. The third-order valence-electron chi connectivity index (χ3n) is 6.14. The van der Waals surface area contributed by atoms with Crippen LogP contribution in [0.3, 0.4) is 0 Å². The van der Waals surface area contributed by atoms with Crippen molar-refractivity contribution in [3.05, 3.63) is 57.6 Å². The van der Waals surface area contributed by atoms with Crippen LogP contribution in [0, 0.1) is 25.2 Å². The van der Waals surface area contributed by atoms with Crippen LogP contribution in [0.1, 0.15) is 29.0 Å². The van der Waals surface area contributed by atoms with Gasteiger partial charge in [-0.1, -0.05) is 30.0 Å². The number of aryl methyl sites for hydroxylation is 2. The summed E-state index contributed by atoms with van der Waals surface area (Å²) in [6.07, 6.45) is 0.201. The normalized spacial score (nSPS) is 18.1. The van der Waals surface area contributed by atoms with E-state index in [1.165, 1.54) is 22.9 Å². The lowest BCUT2D eigenvalue weighted by Gasteiger charge is -2.43. The largest absolute Gasteiger partial charge is 0.493 e. The van der Waals surface area contributed by atoms with Crippen molar-refractivity contribution >= 4 is 23.4 Å². The maximum absolute atomic E-state index is 13.3. The fourth-order valence-electron chi connectivity index (χ4n) is 4.60. The molecule has 1 atom stereocenters. The zero-order valence-electron chi connectivity index (χ0n) is 19.5. The van der Waals surface area contributed by atoms with Gasteiger partial charge in [0.1, 0.15) is 0 Å². The standard InChI is InChI=1S/C25H27N3O4S/c1-15-7-6-8-16(2)23(15)27-13-28-22(29)11-18(19(12-26)25(28)33-14-27)17-9-20(30-3)24(32-5)21(10-17)31-4/h6-10,18H,11,13-14H2,1-5H3/t18-/m0/s1. The summed E-state index contributed by atoms with van der Waals surface area (Å²) in [5.41, 5.74) is 4.86. The van der Waals surface area contributed by atoms with Crippen LogP contribution >= 0.6 is 11.8 Å². The average Bonchev–Trinajstić information content (AvgIpc) is 2.83. The maximum atomic E-state index is 13.3. The molecule has 4 rings (SSSR count). The first kappa shape index (κ1) is 22.9. The Bertz CT molecular complexity index is 1130. The first-order valence-corrected chi connectivity index (χ1v) is 11.6. The lowest BCUT2D eigenvalue weighted by atomic mass is 9.86. The zero-order chi connectivity index (χ0) is 23.7. The molecule has 1 amide bonds. The van der Waals surface area contributed by atoms with E-state index >= 15 is 0 Å². The molecular weight excluding hydrogens is 438 g/mol. The molecule has 2 aromatic carbocycles. The molecule has 1 fully saturated rings. The summed E-state index contributed by atoms with van der Waals surface area (Å²) in [5.74, 6) is 1.77. The Morgan fingerprint density at radius 2 is 1.70 bits per heavy atom. The molecule has 0 aromatic heterocycles. The molecule has 2 aromatic rings. The Morgan fingerprint density at radius 3 is 2.24 bits per heavy atom. The number of anilines is 1. The number of para-hydroxylation sites is 1. The number of thioether (sulfide) groups is 1. The Balaban J connectivity index is 1.73. The predicted octanol–water partition coefficient (Wildman–Crippen LogP) is 4.55. The highest BCUT2D eigenvalue weighted by Gasteiger charge is 2.39. The zero-order valence-corrected chi connectivity index (χ0v) is 20.3. The highest BCUT2D eigenvalue weighted by atomic mass is 32.2. The number of carbonyl (C=O) groups is 1. The average molecular weight is 466 g/mol. The number of allylic oxidation sites excluding steroid dienone is 1. The summed E-state index contributed by atoms with van der Waals surface area (Å²) >= 11 is 1.53.